The Hall–Kier alpha value is -3.06. The van der Waals surface area contributed by atoms with E-state index in [2.05, 4.69) is 23.4 Å². The zero-order chi connectivity index (χ0) is 25.5. The molecule has 0 radical (unpaired) electrons. The molecule has 1 aromatic carbocycles. The Morgan fingerprint density at radius 2 is 1.69 bits per heavy atom. The van der Waals surface area contributed by atoms with Crippen LogP contribution in [0.25, 0.3) is 0 Å². The standard InChI is InChI=1S/C27H34ClN3O4/c1-17-15-18(2)31(30-17)13-8-6-7-9-14-35-27(33)24-20(4)29-19(3)23(26(32)34-5)25(24)21-11-10-12-22(28)16-21/h10-12,15-16,25,29H,6-9,13-14H2,1-5H3. The Morgan fingerprint density at radius 3 is 2.31 bits per heavy atom. The summed E-state index contributed by atoms with van der Waals surface area (Å²) in [5.41, 5.74) is 4.99. The Kier molecular flexibility index (Phi) is 9.15. The van der Waals surface area contributed by atoms with Crippen molar-refractivity contribution < 1.29 is 19.1 Å². The highest BCUT2D eigenvalue weighted by Crippen LogP contribution is 2.39. The van der Waals surface area contributed by atoms with E-state index in [-0.39, 0.29) is 0 Å². The van der Waals surface area contributed by atoms with Crippen LogP contribution in [0.2, 0.25) is 5.02 Å². The first kappa shape index (κ1) is 26.5. The smallest absolute Gasteiger partial charge is 0.336 e. The largest absolute Gasteiger partial charge is 0.466 e. The Labute approximate surface area is 212 Å². The zero-order valence-corrected chi connectivity index (χ0v) is 21.9. The predicted molar refractivity (Wildman–Crippen MR) is 136 cm³/mol. The molecule has 7 nitrogen and oxygen atoms in total. The van der Waals surface area contributed by atoms with Gasteiger partial charge in [0.2, 0.25) is 0 Å². The summed E-state index contributed by atoms with van der Waals surface area (Å²) >= 11 is 6.23. The fourth-order valence-electron chi connectivity index (χ4n) is 4.53. The first-order valence-electron chi connectivity index (χ1n) is 11.9. The van der Waals surface area contributed by atoms with E-state index in [4.69, 9.17) is 21.1 Å². The Morgan fingerprint density at radius 1 is 1.00 bits per heavy atom. The van der Waals surface area contributed by atoms with Gasteiger partial charge in [0.05, 0.1) is 36.5 Å². The van der Waals surface area contributed by atoms with Gasteiger partial charge in [0.25, 0.3) is 0 Å². The lowest BCUT2D eigenvalue weighted by atomic mass is 9.80. The summed E-state index contributed by atoms with van der Waals surface area (Å²) in [7, 11) is 1.33. The molecule has 0 fully saturated rings. The molecule has 3 rings (SSSR count). The van der Waals surface area contributed by atoms with E-state index in [9.17, 15) is 9.59 Å². The number of halogens is 1. The first-order valence-corrected chi connectivity index (χ1v) is 12.3. The van der Waals surface area contributed by atoms with E-state index >= 15 is 0 Å². The molecule has 35 heavy (non-hydrogen) atoms. The maximum atomic E-state index is 13.2. The van der Waals surface area contributed by atoms with Crippen molar-refractivity contribution in [3.8, 4) is 0 Å². The summed E-state index contributed by atoms with van der Waals surface area (Å²) in [6.07, 6.45) is 3.77. The number of methoxy groups -OCH3 is 1. The molecule has 1 unspecified atom stereocenters. The summed E-state index contributed by atoms with van der Waals surface area (Å²) in [6, 6.07) is 9.24. The van der Waals surface area contributed by atoms with Crippen molar-refractivity contribution in [3.63, 3.8) is 0 Å². The van der Waals surface area contributed by atoms with E-state index in [1.165, 1.54) is 12.8 Å². The monoisotopic (exact) mass is 499 g/mol. The third kappa shape index (κ3) is 6.54. The number of benzene rings is 1. The lowest BCUT2D eigenvalue weighted by Crippen LogP contribution is -2.32. The van der Waals surface area contributed by atoms with E-state index in [0.29, 0.717) is 34.2 Å². The maximum absolute atomic E-state index is 13.2. The highest BCUT2D eigenvalue weighted by molar-refractivity contribution is 6.30. The average molecular weight is 500 g/mol. The molecule has 0 aliphatic carbocycles. The second-order valence-electron chi connectivity index (χ2n) is 8.88. The van der Waals surface area contributed by atoms with Gasteiger partial charge in [-0.3, -0.25) is 4.68 Å². The van der Waals surface area contributed by atoms with E-state index < -0.39 is 17.9 Å². The fraction of sp³-hybridized carbons (Fsp3) is 0.444. The minimum absolute atomic E-state index is 0.314. The number of hydrogen-bond acceptors (Lipinski definition) is 6. The van der Waals surface area contributed by atoms with Gasteiger partial charge in [0.15, 0.2) is 0 Å². The fourth-order valence-corrected chi connectivity index (χ4v) is 4.72. The van der Waals surface area contributed by atoms with Gasteiger partial charge in [0.1, 0.15) is 0 Å². The van der Waals surface area contributed by atoms with Gasteiger partial charge >= 0.3 is 11.9 Å². The molecule has 8 heteroatoms. The number of unbranched alkanes of at least 4 members (excludes halogenated alkanes) is 3. The number of hydrogen-bond donors (Lipinski definition) is 1. The predicted octanol–water partition coefficient (Wildman–Crippen LogP) is 5.36. The van der Waals surface area contributed by atoms with Gasteiger partial charge in [0, 0.05) is 28.7 Å². The first-order chi connectivity index (χ1) is 16.7. The molecule has 0 spiro atoms. The van der Waals surface area contributed by atoms with Crippen LogP contribution in [-0.4, -0.2) is 35.4 Å². The minimum Gasteiger partial charge on any atom is -0.466 e. The van der Waals surface area contributed by atoms with E-state index in [0.717, 1.165) is 43.5 Å². The molecule has 0 saturated heterocycles. The molecule has 1 N–H and O–H groups in total. The number of dihydropyridines is 1. The number of allylic oxidation sites excluding steroid dienone is 2. The number of carbonyl (C=O) groups excluding carboxylic acids is 2. The highest BCUT2D eigenvalue weighted by Gasteiger charge is 2.37. The normalized spacial score (nSPS) is 15.8. The van der Waals surface area contributed by atoms with E-state index in [1.807, 2.05) is 24.6 Å². The molecular weight excluding hydrogens is 466 g/mol. The van der Waals surface area contributed by atoms with Crippen LogP contribution in [0.15, 0.2) is 52.9 Å². The topological polar surface area (TPSA) is 82.5 Å². The molecule has 188 valence electrons. The number of aromatic nitrogens is 2. The molecule has 1 aromatic heterocycles. The quantitative estimate of drug-likeness (QED) is 0.350. The van der Waals surface area contributed by atoms with Crippen LogP contribution in [0, 0.1) is 13.8 Å². The molecule has 1 atom stereocenters. The number of aryl methyl sites for hydroxylation is 3. The second-order valence-corrected chi connectivity index (χ2v) is 9.32. The van der Waals surface area contributed by atoms with Crippen molar-refractivity contribution in [2.24, 2.45) is 0 Å². The number of nitrogens with one attached hydrogen (secondary N) is 1. The van der Waals surface area contributed by atoms with Gasteiger partial charge in [-0.2, -0.15) is 5.10 Å². The van der Waals surface area contributed by atoms with Gasteiger partial charge < -0.3 is 14.8 Å². The molecule has 2 aromatic rings. The summed E-state index contributed by atoms with van der Waals surface area (Å²) in [6.45, 7) is 8.87. The van der Waals surface area contributed by atoms with Crippen LogP contribution < -0.4 is 5.32 Å². The number of ether oxygens (including phenoxy) is 2. The van der Waals surface area contributed by atoms with Crippen LogP contribution in [0.5, 0.6) is 0 Å². The van der Waals surface area contributed by atoms with Crippen molar-refractivity contribution in [1.29, 1.82) is 0 Å². The lowest BCUT2D eigenvalue weighted by molar-refractivity contribution is -0.139. The van der Waals surface area contributed by atoms with Crippen molar-refractivity contribution in [1.82, 2.24) is 15.1 Å². The van der Waals surface area contributed by atoms with Gasteiger partial charge in [-0.15, -0.1) is 0 Å². The minimum atomic E-state index is -0.629. The third-order valence-corrected chi connectivity index (χ3v) is 6.40. The molecular formula is C27H34ClN3O4. The van der Waals surface area contributed by atoms with Crippen molar-refractivity contribution in [3.05, 3.63) is 74.8 Å². The molecule has 1 aliphatic heterocycles. The van der Waals surface area contributed by atoms with Gasteiger partial charge in [-0.25, -0.2) is 9.59 Å². The number of esters is 2. The number of rotatable bonds is 10. The van der Waals surface area contributed by atoms with E-state index in [1.54, 1.807) is 25.1 Å². The van der Waals surface area contributed by atoms with Gasteiger partial charge in [-0.05, 0) is 70.7 Å². The Balaban J connectivity index is 1.62. The van der Waals surface area contributed by atoms with Crippen LogP contribution >= 0.6 is 11.6 Å². The SMILES string of the molecule is COC(=O)C1=C(C)NC(C)=C(C(=O)OCCCCCCn2nc(C)cc2C)C1c1cccc(Cl)c1. The van der Waals surface area contributed by atoms with Gasteiger partial charge in [-0.1, -0.05) is 30.2 Å². The Bertz CT molecular complexity index is 1150. The second kappa shape index (κ2) is 12.1. The number of nitrogens with zero attached hydrogens (tertiary/aromatic N) is 2. The number of carbonyl (C=O) groups is 2. The molecule has 0 amide bonds. The summed E-state index contributed by atoms with van der Waals surface area (Å²) < 4.78 is 12.7. The van der Waals surface area contributed by atoms with Crippen LogP contribution in [0.3, 0.4) is 0 Å². The lowest BCUT2D eigenvalue weighted by Gasteiger charge is -2.30. The summed E-state index contributed by atoms with van der Waals surface area (Å²) in [5.74, 6) is -1.58. The van der Waals surface area contributed by atoms with Crippen molar-refractivity contribution in [2.75, 3.05) is 13.7 Å². The zero-order valence-electron chi connectivity index (χ0n) is 21.1. The summed E-state index contributed by atoms with van der Waals surface area (Å²) in [4.78, 5) is 25.9. The van der Waals surface area contributed by atoms with Crippen molar-refractivity contribution in [2.45, 2.75) is 65.8 Å². The van der Waals surface area contributed by atoms with Crippen LogP contribution in [-0.2, 0) is 25.6 Å². The molecule has 0 bridgehead atoms. The average Bonchev–Trinajstić information content (AvgIpc) is 3.13. The molecule has 1 aliphatic rings. The van der Waals surface area contributed by atoms with Crippen LogP contribution in [0.4, 0.5) is 0 Å². The summed E-state index contributed by atoms with van der Waals surface area (Å²) in [5, 5.41) is 8.15. The molecule has 2 heterocycles. The molecule has 0 saturated carbocycles. The third-order valence-electron chi connectivity index (χ3n) is 6.17. The van der Waals surface area contributed by atoms with Crippen molar-refractivity contribution >= 4 is 23.5 Å². The van der Waals surface area contributed by atoms with Crippen LogP contribution in [0.1, 0.15) is 62.4 Å². The maximum Gasteiger partial charge on any atom is 0.336 e. The highest BCUT2D eigenvalue weighted by atomic mass is 35.5.